The summed E-state index contributed by atoms with van der Waals surface area (Å²) in [7, 11) is 0. The maximum atomic E-state index is 11.1. The van der Waals surface area contributed by atoms with Gasteiger partial charge in [-0.1, -0.05) is 92.3 Å². The Balaban J connectivity index is 1.75. The number of fused-ring (bicyclic) bond motifs is 1. The van der Waals surface area contributed by atoms with Crippen molar-refractivity contribution in [3.05, 3.63) is 70.8 Å². The van der Waals surface area contributed by atoms with Crippen molar-refractivity contribution in [2.24, 2.45) is 0 Å². The fourth-order valence-corrected chi connectivity index (χ4v) is 5.78. The summed E-state index contributed by atoms with van der Waals surface area (Å²) in [5.74, 6) is 0.236. The largest absolute Gasteiger partial charge is 0.505 e. The van der Waals surface area contributed by atoms with Gasteiger partial charge in [0.2, 0.25) is 0 Å². The highest BCUT2D eigenvalue weighted by molar-refractivity contribution is 7.99. The molecule has 5 heteroatoms. The molecular weight excluding hydrogens is 486 g/mol. The molecule has 0 radical (unpaired) electrons. The van der Waals surface area contributed by atoms with Gasteiger partial charge in [-0.15, -0.1) is 15.0 Å². The first-order chi connectivity index (χ1) is 17.7. The Hall–Kier alpha value is -2.79. The molecule has 0 spiro atoms. The second-order valence-electron chi connectivity index (χ2n) is 12.9. The summed E-state index contributed by atoms with van der Waals surface area (Å²) >= 11 is 1.79. The van der Waals surface area contributed by atoms with Crippen LogP contribution in [-0.4, -0.2) is 20.1 Å². The molecule has 0 aliphatic carbocycles. The van der Waals surface area contributed by atoms with E-state index >= 15 is 0 Å². The second kappa shape index (κ2) is 10.1. The Morgan fingerprint density at radius 2 is 1.42 bits per heavy atom. The second-order valence-corrected chi connectivity index (χ2v) is 14.0. The number of hydrogen-bond donors (Lipinski definition) is 1. The number of phenolic OH excluding ortho intramolecular Hbond substituents is 1. The van der Waals surface area contributed by atoms with Gasteiger partial charge in [-0.05, 0) is 83.0 Å². The summed E-state index contributed by atoms with van der Waals surface area (Å²) in [6, 6.07) is 17.3. The number of aromatic hydroxyl groups is 1. The Morgan fingerprint density at radius 1 is 0.763 bits per heavy atom. The zero-order valence-electron chi connectivity index (χ0n) is 24.7. The van der Waals surface area contributed by atoms with Crippen molar-refractivity contribution < 1.29 is 5.11 Å². The van der Waals surface area contributed by atoms with E-state index in [4.69, 9.17) is 10.2 Å². The van der Waals surface area contributed by atoms with Crippen molar-refractivity contribution in [1.29, 1.82) is 0 Å². The molecule has 202 valence electrons. The monoisotopic (exact) mass is 529 g/mol. The van der Waals surface area contributed by atoms with Crippen molar-refractivity contribution in [3.8, 4) is 11.4 Å². The van der Waals surface area contributed by atoms with Crippen LogP contribution >= 0.6 is 11.8 Å². The fourth-order valence-electron chi connectivity index (χ4n) is 4.64. The lowest BCUT2D eigenvalue weighted by Gasteiger charge is -2.30. The molecule has 38 heavy (non-hydrogen) atoms. The Labute approximate surface area is 232 Å². The van der Waals surface area contributed by atoms with E-state index in [1.807, 2.05) is 25.1 Å². The predicted octanol–water partition coefficient (Wildman–Crippen LogP) is 9.26. The average molecular weight is 530 g/mol. The molecular formula is C33H43N3OS. The number of phenols is 1. The van der Waals surface area contributed by atoms with Crippen molar-refractivity contribution in [3.63, 3.8) is 0 Å². The molecule has 0 aliphatic rings. The van der Waals surface area contributed by atoms with E-state index in [2.05, 4.69) is 92.6 Å². The summed E-state index contributed by atoms with van der Waals surface area (Å²) < 4.78 is 0. The van der Waals surface area contributed by atoms with E-state index in [0.29, 0.717) is 5.69 Å². The molecule has 1 aromatic heterocycles. The molecule has 0 amide bonds. The molecule has 0 aliphatic heterocycles. The van der Waals surface area contributed by atoms with E-state index in [0.717, 1.165) is 39.9 Å². The van der Waals surface area contributed by atoms with E-state index in [1.54, 1.807) is 16.6 Å². The van der Waals surface area contributed by atoms with Gasteiger partial charge < -0.3 is 5.11 Å². The smallest absolute Gasteiger partial charge is 0.146 e. The molecule has 0 fully saturated rings. The van der Waals surface area contributed by atoms with Crippen LogP contribution in [0.2, 0.25) is 0 Å². The highest BCUT2D eigenvalue weighted by atomic mass is 32.2. The topological polar surface area (TPSA) is 50.9 Å². The van der Waals surface area contributed by atoms with Crippen LogP contribution in [0, 0.1) is 6.92 Å². The third-order valence-electron chi connectivity index (χ3n) is 8.10. The van der Waals surface area contributed by atoms with E-state index in [9.17, 15) is 5.11 Å². The van der Waals surface area contributed by atoms with Crippen molar-refractivity contribution in [1.82, 2.24) is 15.0 Å². The molecule has 0 unspecified atom stereocenters. The molecule has 0 saturated carbocycles. The van der Waals surface area contributed by atoms with Crippen molar-refractivity contribution in [2.45, 2.75) is 108 Å². The number of benzene rings is 3. The highest BCUT2D eigenvalue weighted by Crippen LogP contribution is 2.42. The first kappa shape index (κ1) is 28.2. The van der Waals surface area contributed by atoms with E-state index in [-0.39, 0.29) is 22.0 Å². The maximum Gasteiger partial charge on any atom is 0.146 e. The molecule has 0 atom stereocenters. The minimum Gasteiger partial charge on any atom is -0.505 e. The van der Waals surface area contributed by atoms with Gasteiger partial charge in [0.05, 0.1) is 0 Å². The predicted molar refractivity (Wildman–Crippen MR) is 161 cm³/mol. The average Bonchev–Trinajstić information content (AvgIpc) is 3.27. The van der Waals surface area contributed by atoms with Crippen LogP contribution in [0.5, 0.6) is 5.75 Å². The first-order valence-electron chi connectivity index (χ1n) is 13.7. The molecule has 4 aromatic rings. The van der Waals surface area contributed by atoms with Gasteiger partial charge in [-0.2, -0.15) is 0 Å². The molecule has 3 aromatic carbocycles. The standard InChI is InChI=1S/C33H43N3OS/c1-11-32(7,8)22-13-16-29(24(19-22)33(9,10)12-2)38-23-14-15-26-27(20-23)35-36(34-26)28-18-21(3)17-25(30(28)37)31(4,5)6/h13-20,37H,11-12H2,1-10H3. The summed E-state index contributed by atoms with van der Waals surface area (Å²) in [6.45, 7) is 22.2. The zero-order valence-corrected chi connectivity index (χ0v) is 25.5. The number of aryl methyl sites for hydroxylation is 1. The number of nitrogens with zero attached hydrogens (tertiary/aromatic N) is 3. The Bertz CT molecular complexity index is 1470. The Kier molecular flexibility index (Phi) is 7.48. The van der Waals surface area contributed by atoms with Crippen LogP contribution in [0.15, 0.2) is 58.3 Å². The summed E-state index contributed by atoms with van der Waals surface area (Å²) in [5.41, 5.74) is 7.02. The SMILES string of the molecule is CCC(C)(C)c1ccc(Sc2ccc3nn(-c4cc(C)cc(C(C)(C)C)c4O)nc3c2)c(C(C)(C)CC)c1. The van der Waals surface area contributed by atoms with Crippen LogP contribution in [0.3, 0.4) is 0 Å². The minimum atomic E-state index is -0.187. The maximum absolute atomic E-state index is 11.1. The summed E-state index contributed by atoms with van der Waals surface area (Å²) in [6.07, 6.45) is 2.17. The zero-order chi connectivity index (χ0) is 28.0. The molecule has 4 rings (SSSR count). The quantitative estimate of drug-likeness (QED) is 0.259. The molecule has 0 saturated heterocycles. The van der Waals surface area contributed by atoms with Gasteiger partial charge in [-0.3, -0.25) is 0 Å². The van der Waals surface area contributed by atoms with Crippen LogP contribution in [0.4, 0.5) is 0 Å². The van der Waals surface area contributed by atoms with E-state index in [1.165, 1.54) is 16.0 Å². The minimum absolute atomic E-state index is 0.0723. The summed E-state index contributed by atoms with van der Waals surface area (Å²) in [5, 5.41) is 20.6. The van der Waals surface area contributed by atoms with Gasteiger partial charge in [0.1, 0.15) is 22.5 Å². The lowest BCUT2D eigenvalue weighted by molar-refractivity contribution is 0.440. The van der Waals surface area contributed by atoms with Gasteiger partial charge in [0.25, 0.3) is 0 Å². The molecule has 4 nitrogen and oxygen atoms in total. The van der Waals surface area contributed by atoms with Gasteiger partial charge in [-0.25, -0.2) is 0 Å². The van der Waals surface area contributed by atoms with Gasteiger partial charge >= 0.3 is 0 Å². The Morgan fingerprint density at radius 3 is 2.05 bits per heavy atom. The molecule has 1 heterocycles. The third kappa shape index (κ3) is 5.49. The third-order valence-corrected chi connectivity index (χ3v) is 9.16. The highest BCUT2D eigenvalue weighted by Gasteiger charge is 2.27. The summed E-state index contributed by atoms with van der Waals surface area (Å²) in [4.78, 5) is 3.98. The molecule has 0 bridgehead atoms. The van der Waals surface area contributed by atoms with Crippen molar-refractivity contribution >= 4 is 22.8 Å². The lowest BCUT2D eigenvalue weighted by Crippen LogP contribution is -2.20. The first-order valence-corrected chi connectivity index (χ1v) is 14.5. The fraction of sp³-hybridized carbons (Fsp3) is 0.455. The van der Waals surface area contributed by atoms with E-state index < -0.39 is 0 Å². The van der Waals surface area contributed by atoms with Gasteiger partial charge in [0, 0.05) is 15.4 Å². The molecule has 1 N–H and O–H groups in total. The van der Waals surface area contributed by atoms with Gasteiger partial charge in [0.15, 0.2) is 0 Å². The lowest BCUT2D eigenvalue weighted by atomic mass is 9.76. The number of rotatable bonds is 7. The van der Waals surface area contributed by atoms with Crippen molar-refractivity contribution in [2.75, 3.05) is 0 Å². The van der Waals surface area contributed by atoms with Crippen LogP contribution in [-0.2, 0) is 16.2 Å². The van der Waals surface area contributed by atoms with Crippen LogP contribution in [0.25, 0.3) is 16.7 Å². The normalized spacial score (nSPS) is 12.9. The number of aromatic nitrogens is 3. The number of hydrogen-bond acceptors (Lipinski definition) is 4. The van der Waals surface area contributed by atoms with Crippen LogP contribution < -0.4 is 0 Å². The van der Waals surface area contributed by atoms with Crippen LogP contribution in [0.1, 0.15) is 97.4 Å².